The maximum absolute atomic E-state index is 6.79. The molecule has 0 bridgehead atoms. The summed E-state index contributed by atoms with van der Waals surface area (Å²) in [5.74, 6) is 2.04. The zero-order valence-corrected chi connectivity index (χ0v) is 35.9. The minimum Gasteiger partial charge on any atom is -0.503 e. The molecule has 13 rings (SSSR count). The van der Waals surface area contributed by atoms with Gasteiger partial charge in [-0.1, -0.05) is 186 Å². The van der Waals surface area contributed by atoms with E-state index in [1.807, 2.05) is 24.4 Å². The molecule has 4 aromatic heterocycles. The van der Waals surface area contributed by atoms with Crippen LogP contribution in [0.2, 0.25) is 0 Å². The molecule has 1 aliphatic rings. The van der Waals surface area contributed by atoms with E-state index in [0.29, 0.717) is 11.5 Å². The molecule has 0 amide bonds. The van der Waals surface area contributed by atoms with E-state index >= 15 is 0 Å². The summed E-state index contributed by atoms with van der Waals surface area (Å²) in [6.45, 7) is 0. The Morgan fingerprint density at radius 3 is 1.83 bits per heavy atom. The molecule has 0 radical (unpaired) electrons. The number of fused-ring (bicyclic) bond motifs is 11. The van der Waals surface area contributed by atoms with Crippen molar-refractivity contribution in [3.63, 3.8) is 0 Å². The smallest absolute Gasteiger partial charge is 0.503 e. The number of imidazole rings is 1. The predicted octanol–water partition coefficient (Wildman–Crippen LogP) is 13.6. The van der Waals surface area contributed by atoms with Crippen molar-refractivity contribution in [2.45, 2.75) is 5.41 Å². The van der Waals surface area contributed by atoms with Crippen molar-refractivity contribution >= 4 is 49.1 Å². The molecule has 1 aliphatic heterocycles. The van der Waals surface area contributed by atoms with Gasteiger partial charge in [-0.2, -0.15) is 6.07 Å². The summed E-state index contributed by atoms with van der Waals surface area (Å²) in [4.78, 5) is 10.6. The van der Waals surface area contributed by atoms with E-state index in [1.54, 1.807) is 0 Å². The van der Waals surface area contributed by atoms with Crippen molar-refractivity contribution in [2.75, 3.05) is 0 Å². The number of nitrogens with zero attached hydrogens (tertiary/aromatic N) is 4. The maximum atomic E-state index is 6.79. The van der Waals surface area contributed by atoms with Gasteiger partial charge in [0.05, 0.1) is 22.5 Å². The van der Waals surface area contributed by atoms with Gasteiger partial charge in [0.2, 0.25) is 0 Å². The predicted molar refractivity (Wildman–Crippen MR) is 249 cm³/mol. The van der Waals surface area contributed by atoms with Gasteiger partial charge in [-0.15, -0.1) is 29.7 Å². The van der Waals surface area contributed by atoms with Crippen LogP contribution in [0.3, 0.4) is 0 Å². The summed E-state index contributed by atoms with van der Waals surface area (Å²) in [7, 11) is 0. The first-order chi connectivity index (χ1) is 30.8. The van der Waals surface area contributed by atoms with Gasteiger partial charge in [0, 0.05) is 39.9 Å². The summed E-state index contributed by atoms with van der Waals surface area (Å²) in [5, 5.41) is 5.27. The van der Waals surface area contributed by atoms with E-state index in [2.05, 4.69) is 203 Å². The van der Waals surface area contributed by atoms with Crippen molar-refractivity contribution in [3.05, 3.63) is 241 Å². The Morgan fingerprint density at radius 2 is 1.10 bits per heavy atom. The monoisotopic (exact) mass is 985 g/mol. The van der Waals surface area contributed by atoms with Crippen LogP contribution in [-0.4, -0.2) is 18.9 Å². The standard InChI is InChI=1S/C57H34N4O.Pt/c1-5-17-37(18-6-1)52-53(38-19-7-2-8-20-38)60-50-29-14-13-25-44(50)43-32-30-41(35-47(43)55(60)59-52)62-42-31-33-45-46-26-15-27-48-54(46)61(51(45)36-42)56-49(28-16-34-58-56)57(48,39-21-9-3-10-22-39)40-23-11-4-12-24-40;/h1-34H;/q-2;+2. The Kier molecular flexibility index (Phi) is 8.57. The molecule has 0 fully saturated rings. The van der Waals surface area contributed by atoms with Crippen molar-refractivity contribution in [2.24, 2.45) is 0 Å². The van der Waals surface area contributed by atoms with E-state index < -0.39 is 5.41 Å². The molecule has 5 nitrogen and oxygen atoms in total. The average molecular weight is 986 g/mol. The Morgan fingerprint density at radius 1 is 0.492 bits per heavy atom. The summed E-state index contributed by atoms with van der Waals surface area (Å²) < 4.78 is 11.4. The molecule has 0 aliphatic carbocycles. The number of hydrogen-bond donors (Lipinski definition) is 0. The quantitative estimate of drug-likeness (QED) is 0.123. The minimum atomic E-state index is -0.599. The van der Waals surface area contributed by atoms with E-state index in [9.17, 15) is 0 Å². The molecule has 6 heteroatoms. The topological polar surface area (TPSA) is 44.3 Å². The largest absolute Gasteiger partial charge is 2.00 e. The van der Waals surface area contributed by atoms with Crippen LogP contribution in [0.25, 0.3) is 77.5 Å². The Hall–Kier alpha value is -7.59. The van der Waals surface area contributed by atoms with Crippen molar-refractivity contribution in [1.82, 2.24) is 18.9 Å². The summed E-state index contributed by atoms with van der Waals surface area (Å²) >= 11 is 0. The zero-order valence-electron chi connectivity index (χ0n) is 33.6. The number of pyridine rings is 2. The van der Waals surface area contributed by atoms with Crippen LogP contribution in [-0.2, 0) is 26.5 Å². The molecule has 8 aromatic carbocycles. The fourth-order valence-electron chi connectivity index (χ4n) is 10.2. The third-order valence-electron chi connectivity index (χ3n) is 12.7. The second-order valence-corrected chi connectivity index (χ2v) is 15.9. The fourth-order valence-corrected chi connectivity index (χ4v) is 10.2. The third-order valence-corrected chi connectivity index (χ3v) is 12.7. The summed E-state index contributed by atoms with van der Waals surface area (Å²) in [6.07, 6.45) is 1.89. The summed E-state index contributed by atoms with van der Waals surface area (Å²) in [6, 6.07) is 77.8. The van der Waals surface area contributed by atoms with Gasteiger partial charge in [-0.25, -0.2) is 4.98 Å². The average Bonchev–Trinajstić information content (AvgIpc) is 3.91. The van der Waals surface area contributed by atoms with Crippen LogP contribution in [0.15, 0.2) is 206 Å². The normalized spacial score (nSPS) is 12.8. The molecule has 0 spiro atoms. The van der Waals surface area contributed by atoms with Crippen molar-refractivity contribution in [3.8, 4) is 39.8 Å². The Bertz CT molecular complexity index is 3670. The molecule has 0 N–H and O–H groups in total. The van der Waals surface area contributed by atoms with E-state index in [1.165, 1.54) is 16.7 Å². The van der Waals surface area contributed by atoms with Gasteiger partial charge >= 0.3 is 21.1 Å². The van der Waals surface area contributed by atoms with Crippen LogP contribution in [0.4, 0.5) is 0 Å². The Labute approximate surface area is 377 Å². The Balaban J connectivity index is 0.00000421. The number of rotatable bonds is 6. The molecule has 0 saturated heterocycles. The van der Waals surface area contributed by atoms with Gasteiger partial charge in [0.1, 0.15) is 5.82 Å². The first kappa shape index (κ1) is 37.2. The third kappa shape index (κ3) is 5.40. The van der Waals surface area contributed by atoms with Gasteiger partial charge in [-0.05, 0) is 45.2 Å². The molecular weight excluding hydrogens is 952 g/mol. The van der Waals surface area contributed by atoms with Crippen molar-refractivity contribution in [1.29, 1.82) is 0 Å². The number of aromatic nitrogens is 4. The minimum absolute atomic E-state index is 0. The zero-order chi connectivity index (χ0) is 40.8. The number of hydrogen-bond acceptors (Lipinski definition) is 3. The van der Waals surface area contributed by atoms with Gasteiger partial charge < -0.3 is 13.7 Å². The second-order valence-electron chi connectivity index (χ2n) is 15.9. The molecule has 0 atom stereocenters. The van der Waals surface area contributed by atoms with Crippen LogP contribution in [0.1, 0.15) is 22.3 Å². The fraction of sp³-hybridized carbons (Fsp3) is 0.0175. The molecule has 298 valence electrons. The van der Waals surface area contributed by atoms with Crippen LogP contribution in [0, 0.1) is 12.1 Å². The molecule has 63 heavy (non-hydrogen) atoms. The molecule has 12 aromatic rings. The molecule has 5 heterocycles. The van der Waals surface area contributed by atoms with E-state index in [0.717, 1.165) is 83.0 Å². The van der Waals surface area contributed by atoms with Gasteiger partial charge in [0.25, 0.3) is 0 Å². The van der Waals surface area contributed by atoms with E-state index in [-0.39, 0.29) is 21.1 Å². The van der Waals surface area contributed by atoms with Gasteiger partial charge in [-0.3, -0.25) is 4.98 Å². The summed E-state index contributed by atoms with van der Waals surface area (Å²) in [5.41, 5.74) is 12.1. The van der Waals surface area contributed by atoms with Gasteiger partial charge in [0.15, 0.2) is 0 Å². The second kappa shape index (κ2) is 14.5. The van der Waals surface area contributed by atoms with Crippen LogP contribution < -0.4 is 4.74 Å². The SMILES string of the molecule is [Pt+2].[c-]1c(Oc2[c-]c3c(cc2)c2cccc4c2n3-c2ncccc2C4(c2ccccc2)c2ccccc2)ccc2c1c1nc(-c3ccccc3)c(-c3ccccc3)n1c1ccccc21. The maximum Gasteiger partial charge on any atom is 2.00 e. The number of benzene rings is 8. The van der Waals surface area contributed by atoms with E-state index in [4.69, 9.17) is 14.7 Å². The van der Waals surface area contributed by atoms with Crippen LogP contribution in [0.5, 0.6) is 11.5 Å². The first-order valence-corrected chi connectivity index (χ1v) is 20.9. The first-order valence-electron chi connectivity index (χ1n) is 20.9. The molecule has 0 saturated carbocycles. The molecular formula is C57H34N4OPt. The van der Waals surface area contributed by atoms with Crippen molar-refractivity contribution < 1.29 is 25.8 Å². The number of para-hydroxylation sites is 2. The van der Waals surface area contributed by atoms with Crippen LogP contribution >= 0.6 is 0 Å². The number of ether oxygens (including phenoxy) is 1. The molecule has 0 unspecified atom stereocenters.